The number of hydrogen-bond donors (Lipinski definition) is 1. The Hall–Kier alpha value is -3.67. The van der Waals surface area contributed by atoms with Crippen molar-refractivity contribution in [1.82, 2.24) is 0 Å². The van der Waals surface area contributed by atoms with Gasteiger partial charge in [0.25, 0.3) is 0 Å². The van der Waals surface area contributed by atoms with E-state index in [0.29, 0.717) is 5.56 Å². The highest BCUT2D eigenvalue weighted by molar-refractivity contribution is 7.89. The Morgan fingerprint density at radius 3 is 2.40 bits per heavy atom. The average Bonchev–Trinajstić information content (AvgIpc) is 2.76. The highest BCUT2D eigenvalue weighted by Crippen LogP contribution is 2.25. The molecule has 3 rings (SSSR count). The topological polar surface area (TPSA) is 119 Å². The quantitative estimate of drug-likeness (QED) is 0.609. The molecule has 0 saturated heterocycles. The van der Waals surface area contributed by atoms with Crippen LogP contribution in [0.5, 0.6) is 5.75 Å². The van der Waals surface area contributed by atoms with Gasteiger partial charge in [-0.15, -0.1) is 0 Å². The molecule has 0 aromatic heterocycles. The maximum Gasteiger partial charge on any atom is 0.342 e. The van der Waals surface area contributed by atoms with Gasteiger partial charge in [0.15, 0.2) is 0 Å². The van der Waals surface area contributed by atoms with E-state index in [2.05, 4.69) is 6.07 Å². The SMILES string of the molecule is COc1ccc(S(N)(=O)=O)cc1C(=O)OCc1ccc(-c2ccccc2C#N)cc1. The molecule has 0 aliphatic carbocycles. The van der Waals surface area contributed by atoms with E-state index in [1.54, 1.807) is 24.3 Å². The second-order valence-corrected chi connectivity index (χ2v) is 7.90. The number of esters is 1. The first-order chi connectivity index (χ1) is 14.3. The maximum atomic E-state index is 12.5. The average molecular weight is 422 g/mol. The molecule has 0 unspecified atom stereocenters. The molecule has 152 valence electrons. The molecule has 0 bridgehead atoms. The third-order valence-corrected chi connectivity index (χ3v) is 5.31. The Kier molecular flexibility index (Phi) is 6.16. The molecule has 0 fully saturated rings. The molecule has 0 heterocycles. The van der Waals surface area contributed by atoms with Crippen molar-refractivity contribution in [3.8, 4) is 22.9 Å². The molecule has 8 heteroatoms. The standard InChI is InChI=1S/C22H18N2O5S/c1-28-21-11-10-18(30(24,26)27)12-20(21)22(25)29-14-15-6-8-16(9-7-15)19-5-3-2-4-17(19)13-23/h2-12H,14H2,1H3,(H2,24,26,27). The number of nitriles is 1. The number of nitrogens with two attached hydrogens (primary N) is 1. The Balaban J connectivity index is 1.76. The number of carbonyl (C=O) groups excluding carboxylic acids is 1. The molecule has 0 spiro atoms. The third kappa shape index (κ3) is 4.66. The molecule has 7 nitrogen and oxygen atoms in total. The van der Waals surface area contributed by atoms with Crippen molar-refractivity contribution in [2.75, 3.05) is 7.11 Å². The largest absolute Gasteiger partial charge is 0.496 e. The van der Waals surface area contributed by atoms with Crippen LogP contribution in [0.4, 0.5) is 0 Å². The van der Waals surface area contributed by atoms with Crippen LogP contribution in [0.3, 0.4) is 0 Å². The molecule has 2 N–H and O–H groups in total. The number of hydrogen-bond acceptors (Lipinski definition) is 6. The summed E-state index contributed by atoms with van der Waals surface area (Å²) < 4.78 is 33.5. The van der Waals surface area contributed by atoms with Gasteiger partial charge in [0.1, 0.15) is 17.9 Å². The predicted molar refractivity (Wildman–Crippen MR) is 110 cm³/mol. The van der Waals surface area contributed by atoms with E-state index in [-0.39, 0.29) is 22.8 Å². The van der Waals surface area contributed by atoms with E-state index in [4.69, 9.17) is 14.6 Å². The van der Waals surface area contributed by atoms with Crippen LogP contribution in [-0.2, 0) is 21.4 Å². The number of carbonyl (C=O) groups is 1. The second-order valence-electron chi connectivity index (χ2n) is 6.34. The highest BCUT2D eigenvalue weighted by Gasteiger charge is 2.18. The lowest BCUT2D eigenvalue weighted by Gasteiger charge is -2.11. The smallest absolute Gasteiger partial charge is 0.342 e. The maximum absolute atomic E-state index is 12.5. The van der Waals surface area contributed by atoms with Crippen LogP contribution in [0.15, 0.2) is 71.6 Å². The minimum atomic E-state index is -3.97. The van der Waals surface area contributed by atoms with Crippen molar-refractivity contribution >= 4 is 16.0 Å². The van der Waals surface area contributed by atoms with Gasteiger partial charge in [-0.25, -0.2) is 18.4 Å². The van der Waals surface area contributed by atoms with Crippen molar-refractivity contribution < 1.29 is 22.7 Å². The number of benzene rings is 3. The number of ether oxygens (including phenoxy) is 2. The number of sulfonamides is 1. The van der Waals surface area contributed by atoms with Gasteiger partial charge in [0.2, 0.25) is 10.0 Å². The number of nitrogens with zero attached hydrogens (tertiary/aromatic N) is 1. The van der Waals surface area contributed by atoms with E-state index in [9.17, 15) is 18.5 Å². The summed E-state index contributed by atoms with van der Waals surface area (Å²) in [6.07, 6.45) is 0. The Morgan fingerprint density at radius 2 is 1.77 bits per heavy atom. The fourth-order valence-corrected chi connectivity index (χ4v) is 3.40. The molecular weight excluding hydrogens is 404 g/mol. The summed E-state index contributed by atoms with van der Waals surface area (Å²) in [6.45, 7) is -0.0260. The first-order valence-corrected chi connectivity index (χ1v) is 10.3. The minimum Gasteiger partial charge on any atom is -0.496 e. The van der Waals surface area contributed by atoms with Crippen molar-refractivity contribution in [2.24, 2.45) is 5.14 Å². The molecule has 30 heavy (non-hydrogen) atoms. The monoisotopic (exact) mass is 422 g/mol. The fourth-order valence-electron chi connectivity index (χ4n) is 2.86. The van der Waals surface area contributed by atoms with Gasteiger partial charge in [-0.3, -0.25) is 0 Å². The van der Waals surface area contributed by atoms with Gasteiger partial charge in [-0.2, -0.15) is 5.26 Å². The Morgan fingerprint density at radius 1 is 1.07 bits per heavy atom. The highest BCUT2D eigenvalue weighted by atomic mass is 32.2. The summed E-state index contributed by atoms with van der Waals surface area (Å²) in [4.78, 5) is 12.3. The Labute approximate surface area is 174 Å². The van der Waals surface area contributed by atoms with Crippen LogP contribution in [0.2, 0.25) is 0 Å². The summed E-state index contributed by atoms with van der Waals surface area (Å²) in [5.41, 5.74) is 2.93. The normalized spacial score (nSPS) is 10.8. The number of methoxy groups -OCH3 is 1. The molecule has 0 saturated carbocycles. The van der Waals surface area contributed by atoms with E-state index in [1.807, 2.05) is 24.3 Å². The van der Waals surface area contributed by atoms with Crippen LogP contribution in [0, 0.1) is 11.3 Å². The van der Waals surface area contributed by atoms with Crippen LogP contribution in [0.25, 0.3) is 11.1 Å². The Bertz CT molecular complexity index is 1230. The summed E-state index contributed by atoms with van der Waals surface area (Å²) in [5.74, 6) is -0.563. The molecule has 0 amide bonds. The van der Waals surface area contributed by atoms with E-state index in [1.165, 1.54) is 19.2 Å². The van der Waals surface area contributed by atoms with Crippen LogP contribution in [0.1, 0.15) is 21.5 Å². The molecule has 3 aromatic carbocycles. The second kappa shape index (κ2) is 8.78. The van der Waals surface area contributed by atoms with Gasteiger partial charge in [-0.05, 0) is 41.0 Å². The summed E-state index contributed by atoms with van der Waals surface area (Å²) in [5, 5.41) is 14.4. The predicted octanol–water partition coefficient (Wildman–Crippen LogP) is 3.24. The van der Waals surface area contributed by atoms with Crippen LogP contribution >= 0.6 is 0 Å². The lowest BCUT2D eigenvalue weighted by Crippen LogP contribution is -2.14. The molecule has 0 aliphatic rings. The molecule has 0 atom stereocenters. The zero-order chi connectivity index (χ0) is 21.7. The van der Waals surface area contributed by atoms with E-state index >= 15 is 0 Å². The van der Waals surface area contributed by atoms with Gasteiger partial charge < -0.3 is 9.47 Å². The van der Waals surface area contributed by atoms with Crippen molar-refractivity contribution in [2.45, 2.75) is 11.5 Å². The molecule has 0 aliphatic heterocycles. The lowest BCUT2D eigenvalue weighted by molar-refractivity contribution is 0.0468. The minimum absolute atomic E-state index is 0.0260. The first kappa shape index (κ1) is 21.0. The fraction of sp³-hybridized carbons (Fsp3) is 0.0909. The lowest BCUT2D eigenvalue weighted by atomic mass is 9.99. The van der Waals surface area contributed by atoms with E-state index in [0.717, 1.165) is 22.8 Å². The van der Waals surface area contributed by atoms with Gasteiger partial charge in [0.05, 0.1) is 23.6 Å². The third-order valence-electron chi connectivity index (χ3n) is 4.40. The van der Waals surface area contributed by atoms with Crippen molar-refractivity contribution in [3.63, 3.8) is 0 Å². The zero-order valence-corrected chi connectivity index (χ0v) is 16.8. The van der Waals surface area contributed by atoms with Gasteiger partial charge in [-0.1, -0.05) is 42.5 Å². The number of primary sulfonamides is 1. The van der Waals surface area contributed by atoms with Crippen LogP contribution in [-0.4, -0.2) is 21.5 Å². The van der Waals surface area contributed by atoms with Crippen LogP contribution < -0.4 is 9.88 Å². The van der Waals surface area contributed by atoms with Crippen molar-refractivity contribution in [3.05, 3.63) is 83.4 Å². The van der Waals surface area contributed by atoms with Gasteiger partial charge >= 0.3 is 5.97 Å². The van der Waals surface area contributed by atoms with Gasteiger partial charge in [0, 0.05) is 0 Å². The zero-order valence-electron chi connectivity index (χ0n) is 16.0. The first-order valence-electron chi connectivity index (χ1n) is 8.80. The summed E-state index contributed by atoms with van der Waals surface area (Å²) >= 11 is 0. The van der Waals surface area contributed by atoms with E-state index < -0.39 is 16.0 Å². The summed E-state index contributed by atoms with van der Waals surface area (Å²) in [6, 6.07) is 20.4. The molecule has 0 radical (unpaired) electrons. The molecular formula is C22H18N2O5S. The van der Waals surface area contributed by atoms with Crippen molar-refractivity contribution in [1.29, 1.82) is 5.26 Å². The summed E-state index contributed by atoms with van der Waals surface area (Å²) in [7, 11) is -2.61. The number of rotatable bonds is 6. The molecule has 3 aromatic rings.